The molecule has 12 N–H and O–H groups in total. The highest BCUT2D eigenvalue weighted by molar-refractivity contribution is 5.92. The molecule has 0 aliphatic heterocycles. The normalized spacial score (nSPS) is 12.9. The molecule has 0 bridgehead atoms. The fourth-order valence-electron chi connectivity index (χ4n) is 3.06. The summed E-state index contributed by atoms with van der Waals surface area (Å²) >= 11 is 0. The van der Waals surface area contributed by atoms with Crippen molar-refractivity contribution in [3.63, 3.8) is 0 Å². The first-order valence-corrected chi connectivity index (χ1v) is 11.3. The number of rotatable bonds is 16. The fourth-order valence-corrected chi connectivity index (χ4v) is 3.06. The topological polar surface area (TPSA) is 273 Å². The van der Waals surface area contributed by atoms with E-state index in [1.165, 1.54) is 24.3 Å². The molecule has 204 valence electrons. The number of nitrogens with one attached hydrogen (secondary N) is 3. The van der Waals surface area contributed by atoms with Gasteiger partial charge in [0.1, 0.15) is 17.8 Å². The van der Waals surface area contributed by atoms with Crippen LogP contribution in [0.15, 0.2) is 29.3 Å². The second kappa shape index (κ2) is 15.6. The van der Waals surface area contributed by atoms with Crippen LogP contribution in [0.5, 0.6) is 5.75 Å². The number of carboxylic acid groups (broad SMARTS) is 2. The van der Waals surface area contributed by atoms with Gasteiger partial charge < -0.3 is 48.5 Å². The molecule has 1 aromatic rings. The third-order valence-electron chi connectivity index (χ3n) is 5.02. The lowest BCUT2D eigenvalue weighted by molar-refractivity contribution is -0.142. The maximum absolute atomic E-state index is 12.8. The number of carboxylic acids is 2. The summed E-state index contributed by atoms with van der Waals surface area (Å²) in [6, 6.07) is 2.20. The summed E-state index contributed by atoms with van der Waals surface area (Å²) in [4.78, 5) is 63.3. The van der Waals surface area contributed by atoms with Crippen LogP contribution in [-0.4, -0.2) is 82.2 Å². The van der Waals surface area contributed by atoms with Gasteiger partial charge in [-0.25, -0.2) is 4.79 Å². The molecular formula is C22H33N7O8. The minimum absolute atomic E-state index is 0.00701. The molecule has 15 nitrogen and oxygen atoms in total. The van der Waals surface area contributed by atoms with E-state index in [2.05, 4.69) is 20.9 Å². The lowest BCUT2D eigenvalue weighted by Crippen LogP contribution is -2.54. The summed E-state index contributed by atoms with van der Waals surface area (Å²) in [6.45, 7) is -0.407. The Morgan fingerprint density at radius 3 is 2.14 bits per heavy atom. The number of benzene rings is 1. The number of carbonyl (C=O) groups is 5. The first-order chi connectivity index (χ1) is 17.4. The molecule has 1 rings (SSSR count). The summed E-state index contributed by atoms with van der Waals surface area (Å²) in [7, 11) is 0. The molecule has 0 saturated carbocycles. The van der Waals surface area contributed by atoms with Gasteiger partial charge in [-0.15, -0.1) is 0 Å². The van der Waals surface area contributed by atoms with Crippen molar-refractivity contribution < 1.29 is 39.3 Å². The molecule has 0 saturated heterocycles. The summed E-state index contributed by atoms with van der Waals surface area (Å²) < 4.78 is 0. The molecule has 1 aromatic carbocycles. The number of hydrogen-bond acceptors (Lipinski definition) is 8. The molecule has 0 heterocycles. The van der Waals surface area contributed by atoms with Crippen LogP contribution >= 0.6 is 0 Å². The number of aliphatic carboxylic acids is 2. The zero-order valence-corrected chi connectivity index (χ0v) is 20.1. The Bertz CT molecular complexity index is 980. The molecule has 3 atom stereocenters. The minimum Gasteiger partial charge on any atom is -0.508 e. The van der Waals surface area contributed by atoms with Crippen LogP contribution in [0.3, 0.4) is 0 Å². The van der Waals surface area contributed by atoms with E-state index in [1.807, 2.05) is 0 Å². The SMILES string of the molecule is NC(N)=NCCCC(NC(=O)CNC(=O)C(Cc1ccc(O)cc1)NC(=O)C(N)CCC(=O)O)C(=O)O. The number of aromatic hydroxyl groups is 1. The van der Waals surface area contributed by atoms with E-state index in [4.69, 9.17) is 22.3 Å². The van der Waals surface area contributed by atoms with E-state index >= 15 is 0 Å². The first kappa shape index (κ1) is 30.6. The molecule has 0 fully saturated rings. The summed E-state index contributed by atoms with van der Waals surface area (Å²) in [5.74, 6) is -4.88. The molecule has 3 amide bonds. The standard InChI is InChI=1S/C22H33N7O8/c23-14(7-8-18(32)33)19(34)29-16(10-12-3-5-13(30)6-4-12)20(35)27-11-17(31)28-15(21(36)37)2-1-9-26-22(24)25/h3-6,14-16,30H,1-2,7-11,23H2,(H,27,35)(H,28,31)(H,29,34)(H,32,33)(H,36,37)(H4,24,25,26). The van der Waals surface area contributed by atoms with Crippen molar-refractivity contribution in [3.8, 4) is 5.75 Å². The number of phenolic OH excluding ortho intramolecular Hbond substituents is 1. The van der Waals surface area contributed by atoms with Crippen LogP contribution in [0.1, 0.15) is 31.2 Å². The van der Waals surface area contributed by atoms with Crippen molar-refractivity contribution in [2.75, 3.05) is 13.1 Å². The van der Waals surface area contributed by atoms with Crippen molar-refractivity contribution in [2.45, 2.75) is 50.2 Å². The molecule has 0 aliphatic rings. The fraction of sp³-hybridized carbons (Fsp3) is 0.455. The minimum atomic E-state index is -1.28. The van der Waals surface area contributed by atoms with E-state index in [0.29, 0.717) is 5.56 Å². The van der Waals surface area contributed by atoms with Gasteiger partial charge in [0.25, 0.3) is 0 Å². The van der Waals surface area contributed by atoms with Gasteiger partial charge >= 0.3 is 11.9 Å². The molecule has 37 heavy (non-hydrogen) atoms. The Morgan fingerprint density at radius 2 is 1.57 bits per heavy atom. The number of amides is 3. The van der Waals surface area contributed by atoms with Crippen LogP contribution in [-0.2, 0) is 30.4 Å². The molecule has 0 spiro atoms. The Hall–Kier alpha value is -4.40. The maximum Gasteiger partial charge on any atom is 0.326 e. The van der Waals surface area contributed by atoms with Gasteiger partial charge in [-0.2, -0.15) is 0 Å². The van der Waals surface area contributed by atoms with Gasteiger partial charge in [-0.1, -0.05) is 12.1 Å². The highest BCUT2D eigenvalue weighted by Gasteiger charge is 2.26. The zero-order chi connectivity index (χ0) is 28.0. The average molecular weight is 524 g/mol. The Labute approximate surface area is 212 Å². The van der Waals surface area contributed by atoms with Crippen molar-refractivity contribution in [3.05, 3.63) is 29.8 Å². The highest BCUT2D eigenvalue weighted by Crippen LogP contribution is 2.12. The molecule has 3 unspecified atom stereocenters. The number of guanidine groups is 1. The van der Waals surface area contributed by atoms with E-state index in [9.17, 15) is 34.2 Å². The third kappa shape index (κ3) is 12.7. The predicted octanol–water partition coefficient (Wildman–Crippen LogP) is -2.65. The van der Waals surface area contributed by atoms with Crippen LogP contribution in [0.25, 0.3) is 0 Å². The van der Waals surface area contributed by atoms with Crippen molar-refractivity contribution in [1.82, 2.24) is 16.0 Å². The third-order valence-corrected chi connectivity index (χ3v) is 5.02. The van der Waals surface area contributed by atoms with Gasteiger partial charge in [0.05, 0.1) is 12.6 Å². The lowest BCUT2D eigenvalue weighted by atomic mass is 10.0. The van der Waals surface area contributed by atoms with E-state index in [-0.39, 0.29) is 50.4 Å². The summed E-state index contributed by atoms with van der Waals surface area (Å²) in [5.41, 5.74) is 16.7. The van der Waals surface area contributed by atoms with Crippen molar-refractivity contribution >= 4 is 35.6 Å². The van der Waals surface area contributed by atoms with Crippen molar-refractivity contribution in [2.24, 2.45) is 22.2 Å². The van der Waals surface area contributed by atoms with E-state index in [0.717, 1.165) is 0 Å². The van der Waals surface area contributed by atoms with Gasteiger partial charge in [0.2, 0.25) is 17.7 Å². The van der Waals surface area contributed by atoms with Crippen molar-refractivity contribution in [1.29, 1.82) is 0 Å². The monoisotopic (exact) mass is 523 g/mol. The number of phenols is 1. The zero-order valence-electron chi connectivity index (χ0n) is 20.1. The van der Waals surface area contributed by atoms with E-state index < -0.39 is 54.3 Å². The quantitative estimate of drug-likeness (QED) is 0.0613. The number of hydrogen-bond donors (Lipinski definition) is 9. The van der Waals surface area contributed by atoms with Gasteiger partial charge in [0.15, 0.2) is 5.96 Å². The van der Waals surface area contributed by atoms with E-state index in [1.54, 1.807) is 0 Å². The lowest BCUT2D eigenvalue weighted by Gasteiger charge is -2.21. The second-order valence-electron chi connectivity index (χ2n) is 8.10. The first-order valence-electron chi connectivity index (χ1n) is 11.3. The maximum atomic E-state index is 12.8. The number of carbonyl (C=O) groups excluding carboxylic acids is 3. The Balaban J connectivity index is 2.78. The molecule has 0 aromatic heterocycles. The highest BCUT2D eigenvalue weighted by atomic mass is 16.4. The predicted molar refractivity (Wildman–Crippen MR) is 131 cm³/mol. The molecule has 0 radical (unpaired) electrons. The van der Waals surface area contributed by atoms with Crippen LogP contribution in [0.4, 0.5) is 0 Å². The Morgan fingerprint density at radius 1 is 0.919 bits per heavy atom. The van der Waals surface area contributed by atoms with Crippen LogP contribution < -0.4 is 33.2 Å². The number of nitrogens with two attached hydrogens (primary N) is 3. The average Bonchev–Trinajstić information content (AvgIpc) is 2.83. The Kier molecular flexibility index (Phi) is 12.9. The van der Waals surface area contributed by atoms with Crippen LogP contribution in [0, 0.1) is 0 Å². The number of nitrogens with zero attached hydrogens (tertiary/aromatic N) is 1. The summed E-state index contributed by atoms with van der Waals surface area (Å²) in [5, 5.41) is 34.6. The van der Waals surface area contributed by atoms with Gasteiger partial charge in [-0.3, -0.25) is 24.2 Å². The van der Waals surface area contributed by atoms with Gasteiger partial charge in [-0.05, 0) is 37.0 Å². The largest absolute Gasteiger partial charge is 0.508 e. The smallest absolute Gasteiger partial charge is 0.326 e. The molecular weight excluding hydrogens is 490 g/mol. The summed E-state index contributed by atoms with van der Waals surface area (Å²) in [6.07, 6.45) is -0.214. The number of aliphatic imine (C=N–C) groups is 1. The van der Waals surface area contributed by atoms with Gasteiger partial charge in [0, 0.05) is 19.4 Å². The molecule has 15 heteroatoms. The second-order valence-corrected chi connectivity index (χ2v) is 8.10. The molecule has 0 aliphatic carbocycles. The van der Waals surface area contributed by atoms with Crippen LogP contribution in [0.2, 0.25) is 0 Å².